The maximum Gasteiger partial charge on any atom is 0.205 e. The van der Waals surface area contributed by atoms with Gasteiger partial charge in [-0.1, -0.05) is 65.7 Å². The van der Waals surface area contributed by atoms with Crippen molar-refractivity contribution in [3.63, 3.8) is 0 Å². The molecule has 25 heavy (non-hydrogen) atoms. The molecule has 3 rings (SSSR count). The zero-order chi connectivity index (χ0) is 17.6. The number of benzene rings is 3. The molecule has 0 fully saturated rings. The fraction of sp³-hybridized carbons (Fsp3) is 0.136. The fourth-order valence-corrected chi connectivity index (χ4v) is 2.57. The number of rotatable bonds is 6. The second kappa shape index (κ2) is 7.67. The topological polar surface area (TPSA) is 41.1 Å². The summed E-state index contributed by atoms with van der Waals surface area (Å²) in [7, 11) is 0. The minimum Gasteiger partial charge on any atom is -0.359 e. The molecule has 3 heteroatoms. The molecule has 0 aromatic heterocycles. The highest BCUT2D eigenvalue weighted by Gasteiger charge is 2.19. The molecule has 126 valence electrons. The van der Waals surface area contributed by atoms with E-state index in [4.69, 9.17) is 0 Å². The number of carbonyl (C=O) groups excluding carboxylic acids is 1. The first-order valence-corrected chi connectivity index (χ1v) is 8.37. The van der Waals surface area contributed by atoms with Crippen molar-refractivity contribution in [2.45, 2.75) is 20.0 Å². The molecule has 0 amide bonds. The monoisotopic (exact) mass is 330 g/mol. The number of anilines is 2. The first-order valence-electron chi connectivity index (χ1n) is 8.37. The van der Waals surface area contributed by atoms with Crippen molar-refractivity contribution in [1.82, 2.24) is 0 Å². The second-order valence-electron chi connectivity index (χ2n) is 6.18. The number of nitrogens with one attached hydrogen (secondary N) is 2. The lowest BCUT2D eigenvalue weighted by molar-refractivity contribution is 0.0978. The van der Waals surface area contributed by atoms with Crippen molar-refractivity contribution >= 4 is 17.2 Å². The van der Waals surface area contributed by atoms with Crippen LogP contribution in [0.15, 0.2) is 78.9 Å². The maximum absolute atomic E-state index is 13.0. The van der Waals surface area contributed by atoms with Gasteiger partial charge in [0.1, 0.15) is 0 Å². The highest BCUT2D eigenvalue weighted by molar-refractivity contribution is 6.02. The normalized spacial score (nSPS) is 10.5. The highest BCUT2D eigenvalue weighted by atomic mass is 16.1. The Bertz CT molecular complexity index is 777. The summed E-state index contributed by atoms with van der Waals surface area (Å²) < 4.78 is 0. The Morgan fingerprint density at radius 1 is 0.680 bits per heavy atom. The van der Waals surface area contributed by atoms with E-state index in [0.717, 1.165) is 11.4 Å². The van der Waals surface area contributed by atoms with Crippen LogP contribution in [0.3, 0.4) is 0 Å². The molecule has 0 bridgehead atoms. The van der Waals surface area contributed by atoms with Crippen molar-refractivity contribution in [2.75, 3.05) is 10.6 Å². The van der Waals surface area contributed by atoms with Crippen LogP contribution in [0.1, 0.15) is 21.5 Å². The van der Waals surface area contributed by atoms with E-state index in [9.17, 15) is 4.79 Å². The fourth-order valence-electron chi connectivity index (χ4n) is 2.57. The van der Waals surface area contributed by atoms with Crippen LogP contribution in [0.2, 0.25) is 0 Å². The summed E-state index contributed by atoms with van der Waals surface area (Å²) in [4.78, 5) is 13.0. The van der Waals surface area contributed by atoms with Gasteiger partial charge in [0.15, 0.2) is 6.17 Å². The van der Waals surface area contributed by atoms with Crippen LogP contribution in [0.5, 0.6) is 0 Å². The number of ketones is 1. The van der Waals surface area contributed by atoms with Crippen LogP contribution >= 0.6 is 0 Å². The molecule has 0 aliphatic heterocycles. The van der Waals surface area contributed by atoms with Crippen LogP contribution in [-0.4, -0.2) is 11.9 Å². The molecule has 2 N–H and O–H groups in total. The van der Waals surface area contributed by atoms with Crippen LogP contribution in [0.4, 0.5) is 11.4 Å². The minimum absolute atomic E-state index is 0.00162. The van der Waals surface area contributed by atoms with Gasteiger partial charge in [-0.15, -0.1) is 0 Å². The summed E-state index contributed by atoms with van der Waals surface area (Å²) in [5, 5.41) is 6.61. The minimum atomic E-state index is -0.548. The SMILES string of the molecule is Cc1ccc(NC(Nc2ccc(C)cc2)C(=O)c2ccccc2)cc1. The molecule has 3 aromatic carbocycles. The van der Waals surface area contributed by atoms with Gasteiger partial charge in [-0.25, -0.2) is 0 Å². The molecule has 0 unspecified atom stereocenters. The Hall–Kier alpha value is -3.07. The number of aryl methyl sites for hydroxylation is 2. The number of hydrogen-bond donors (Lipinski definition) is 2. The Balaban J connectivity index is 1.85. The van der Waals surface area contributed by atoms with Crippen LogP contribution in [-0.2, 0) is 0 Å². The molecule has 0 spiro atoms. The lowest BCUT2D eigenvalue weighted by atomic mass is 10.1. The first-order chi connectivity index (χ1) is 12.1. The second-order valence-corrected chi connectivity index (χ2v) is 6.18. The Morgan fingerprint density at radius 3 is 1.56 bits per heavy atom. The Morgan fingerprint density at radius 2 is 1.12 bits per heavy atom. The molecule has 3 aromatic rings. The number of Topliss-reactive ketones (excluding diaryl/α,β-unsaturated/α-hetero) is 1. The van der Waals surface area contributed by atoms with Gasteiger partial charge in [0, 0.05) is 16.9 Å². The van der Waals surface area contributed by atoms with E-state index >= 15 is 0 Å². The Kier molecular flexibility index (Phi) is 5.14. The van der Waals surface area contributed by atoms with E-state index < -0.39 is 6.17 Å². The third-order valence-corrected chi connectivity index (χ3v) is 4.05. The summed E-state index contributed by atoms with van der Waals surface area (Å²) in [6.07, 6.45) is -0.548. The third-order valence-electron chi connectivity index (χ3n) is 4.05. The summed E-state index contributed by atoms with van der Waals surface area (Å²) in [5.41, 5.74) is 4.84. The van der Waals surface area contributed by atoms with Crippen molar-refractivity contribution in [3.8, 4) is 0 Å². The van der Waals surface area contributed by atoms with Crippen molar-refractivity contribution in [1.29, 1.82) is 0 Å². The van der Waals surface area contributed by atoms with Crippen LogP contribution < -0.4 is 10.6 Å². The van der Waals surface area contributed by atoms with Crippen LogP contribution in [0, 0.1) is 13.8 Å². The lowest BCUT2D eigenvalue weighted by Crippen LogP contribution is -2.37. The Labute approximate surface area is 148 Å². The van der Waals surface area contributed by atoms with Crippen molar-refractivity contribution in [2.24, 2.45) is 0 Å². The van der Waals surface area contributed by atoms with Gasteiger partial charge in [-0.05, 0) is 38.1 Å². The summed E-state index contributed by atoms with van der Waals surface area (Å²) in [5.74, 6) is 0.00162. The number of hydrogen-bond acceptors (Lipinski definition) is 3. The van der Waals surface area contributed by atoms with E-state index in [-0.39, 0.29) is 5.78 Å². The molecule has 0 heterocycles. The molecule has 0 radical (unpaired) electrons. The maximum atomic E-state index is 13.0. The number of carbonyl (C=O) groups is 1. The molecule has 0 atom stereocenters. The predicted molar refractivity (Wildman–Crippen MR) is 104 cm³/mol. The third kappa shape index (κ3) is 4.48. The molecular formula is C22H22N2O. The van der Waals surface area contributed by atoms with Gasteiger partial charge in [0.25, 0.3) is 0 Å². The van der Waals surface area contributed by atoms with E-state index in [1.807, 2.05) is 92.7 Å². The molecule has 0 aliphatic rings. The average molecular weight is 330 g/mol. The lowest BCUT2D eigenvalue weighted by Gasteiger charge is -2.21. The molecule has 3 nitrogen and oxygen atoms in total. The van der Waals surface area contributed by atoms with Gasteiger partial charge >= 0.3 is 0 Å². The zero-order valence-corrected chi connectivity index (χ0v) is 14.5. The summed E-state index contributed by atoms with van der Waals surface area (Å²) in [6.45, 7) is 4.09. The zero-order valence-electron chi connectivity index (χ0n) is 14.5. The van der Waals surface area contributed by atoms with Gasteiger partial charge in [-0.3, -0.25) is 4.79 Å². The van der Waals surface area contributed by atoms with E-state index in [1.54, 1.807) is 0 Å². The molecular weight excluding hydrogens is 308 g/mol. The van der Waals surface area contributed by atoms with Gasteiger partial charge in [0.2, 0.25) is 5.78 Å². The van der Waals surface area contributed by atoms with Gasteiger partial charge in [0.05, 0.1) is 0 Å². The predicted octanol–water partition coefficient (Wildman–Crippen LogP) is 5.04. The highest BCUT2D eigenvalue weighted by Crippen LogP contribution is 2.16. The largest absolute Gasteiger partial charge is 0.359 e. The quantitative estimate of drug-likeness (QED) is 0.491. The van der Waals surface area contributed by atoms with E-state index in [1.165, 1.54) is 11.1 Å². The summed E-state index contributed by atoms with van der Waals surface area (Å²) >= 11 is 0. The molecule has 0 saturated carbocycles. The van der Waals surface area contributed by atoms with Gasteiger partial charge in [-0.2, -0.15) is 0 Å². The van der Waals surface area contributed by atoms with Crippen molar-refractivity contribution in [3.05, 3.63) is 95.6 Å². The van der Waals surface area contributed by atoms with E-state index in [0.29, 0.717) is 5.56 Å². The first kappa shape index (κ1) is 16.8. The smallest absolute Gasteiger partial charge is 0.205 e. The average Bonchev–Trinajstić information content (AvgIpc) is 2.65. The molecule has 0 saturated heterocycles. The van der Waals surface area contributed by atoms with Crippen LogP contribution in [0.25, 0.3) is 0 Å². The molecule has 0 aliphatic carbocycles. The van der Waals surface area contributed by atoms with Crippen molar-refractivity contribution < 1.29 is 4.79 Å². The summed E-state index contributed by atoms with van der Waals surface area (Å²) in [6, 6.07) is 25.4. The standard InChI is InChI=1S/C22H22N2O/c1-16-8-12-19(13-9-16)23-22(21(25)18-6-4-3-5-7-18)24-20-14-10-17(2)11-15-20/h3-15,22-24H,1-2H3. The van der Waals surface area contributed by atoms with Gasteiger partial charge < -0.3 is 10.6 Å². The van der Waals surface area contributed by atoms with E-state index in [2.05, 4.69) is 10.6 Å².